The number of rotatable bonds is 4. The summed E-state index contributed by atoms with van der Waals surface area (Å²) in [5.74, 6) is -0.00949. The maximum absolute atomic E-state index is 12.1. The Morgan fingerprint density at radius 3 is 2.86 bits per heavy atom. The lowest BCUT2D eigenvalue weighted by atomic mass is 10.1. The predicted octanol–water partition coefficient (Wildman–Crippen LogP) is 2.76. The molecule has 1 saturated carbocycles. The monoisotopic (exact) mass is 308 g/mol. The van der Waals surface area contributed by atoms with Gasteiger partial charge in [0.15, 0.2) is 0 Å². The van der Waals surface area contributed by atoms with E-state index in [9.17, 15) is 14.9 Å². The zero-order chi connectivity index (χ0) is 15.0. The summed E-state index contributed by atoms with van der Waals surface area (Å²) in [7, 11) is 0. The lowest BCUT2D eigenvalue weighted by Gasteiger charge is -2.02. The van der Waals surface area contributed by atoms with Crippen molar-refractivity contribution < 1.29 is 14.1 Å². The summed E-state index contributed by atoms with van der Waals surface area (Å²) < 4.78 is 5.27. The molecule has 0 aliphatic heterocycles. The molecule has 0 bridgehead atoms. The van der Waals surface area contributed by atoms with Crippen molar-refractivity contribution in [2.24, 2.45) is 0 Å². The Bertz CT molecular complexity index is 726. The van der Waals surface area contributed by atoms with Crippen LogP contribution in [0.25, 0.3) is 0 Å². The molecule has 8 nitrogen and oxygen atoms in total. The normalized spacial score (nSPS) is 14.0. The fourth-order valence-electron chi connectivity index (χ4n) is 1.79. The van der Waals surface area contributed by atoms with Crippen LogP contribution in [0.3, 0.4) is 0 Å². The molecule has 0 spiro atoms. The zero-order valence-corrected chi connectivity index (χ0v) is 11.3. The second kappa shape index (κ2) is 5.13. The van der Waals surface area contributed by atoms with Gasteiger partial charge in [-0.25, -0.2) is 0 Å². The summed E-state index contributed by atoms with van der Waals surface area (Å²) in [4.78, 5) is 22.3. The number of aromatic nitrogens is 2. The van der Waals surface area contributed by atoms with Gasteiger partial charge in [0.25, 0.3) is 11.6 Å². The third-order valence-electron chi connectivity index (χ3n) is 2.99. The number of hydrogen-bond donors (Lipinski definition) is 1. The molecule has 0 atom stereocenters. The van der Waals surface area contributed by atoms with Crippen molar-refractivity contribution in [1.82, 2.24) is 10.2 Å². The quantitative estimate of drug-likeness (QED) is 0.686. The largest absolute Gasteiger partial charge is 0.408 e. The van der Waals surface area contributed by atoms with E-state index in [1.807, 2.05) is 0 Å². The summed E-state index contributed by atoms with van der Waals surface area (Å²) in [6.07, 6.45) is 1.96. The van der Waals surface area contributed by atoms with Crippen LogP contribution in [0.2, 0.25) is 5.02 Å². The van der Waals surface area contributed by atoms with Crippen LogP contribution >= 0.6 is 11.6 Å². The number of carbonyl (C=O) groups excluding carboxylic acids is 1. The van der Waals surface area contributed by atoms with Gasteiger partial charge in [0.2, 0.25) is 5.89 Å². The topological polar surface area (TPSA) is 111 Å². The molecule has 0 saturated heterocycles. The van der Waals surface area contributed by atoms with Crippen molar-refractivity contribution in [2.75, 3.05) is 5.32 Å². The van der Waals surface area contributed by atoms with Crippen LogP contribution in [0.5, 0.6) is 0 Å². The number of nitro groups is 1. The summed E-state index contributed by atoms with van der Waals surface area (Å²) in [5, 5.41) is 21.0. The van der Waals surface area contributed by atoms with Gasteiger partial charge in [0.05, 0.1) is 4.92 Å². The van der Waals surface area contributed by atoms with Gasteiger partial charge in [-0.05, 0) is 25.0 Å². The van der Waals surface area contributed by atoms with Crippen LogP contribution < -0.4 is 5.32 Å². The van der Waals surface area contributed by atoms with Crippen LogP contribution in [0.15, 0.2) is 22.6 Å². The van der Waals surface area contributed by atoms with Crippen molar-refractivity contribution in [1.29, 1.82) is 0 Å². The minimum Gasteiger partial charge on any atom is -0.408 e. The van der Waals surface area contributed by atoms with E-state index in [1.165, 1.54) is 18.2 Å². The maximum atomic E-state index is 12.1. The Labute approximate surface area is 123 Å². The van der Waals surface area contributed by atoms with E-state index in [2.05, 4.69) is 15.5 Å². The second-order valence-corrected chi connectivity index (χ2v) is 5.03. The molecule has 1 aromatic heterocycles. The molecule has 1 fully saturated rings. The van der Waals surface area contributed by atoms with Crippen molar-refractivity contribution >= 4 is 29.2 Å². The standard InChI is InChI=1S/C12H9ClN4O4/c13-7-3-4-9(17(19)20)8(5-7)10(18)14-12-16-15-11(21-12)6-1-2-6/h3-6H,1-2H2,(H,14,16,18). The van der Waals surface area contributed by atoms with Gasteiger partial charge in [-0.3, -0.25) is 20.2 Å². The maximum Gasteiger partial charge on any atom is 0.322 e. The molecule has 0 radical (unpaired) electrons. The average Bonchev–Trinajstić information content (AvgIpc) is 3.19. The Morgan fingerprint density at radius 1 is 1.43 bits per heavy atom. The van der Waals surface area contributed by atoms with Gasteiger partial charge < -0.3 is 4.42 Å². The molecule has 0 unspecified atom stereocenters. The molecule has 21 heavy (non-hydrogen) atoms. The third-order valence-corrected chi connectivity index (χ3v) is 3.22. The molecule has 2 aromatic rings. The lowest BCUT2D eigenvalue weighted by molar-refractivity contribution is -0.385. The number of nitrogens with one attached hydrogen (secondary N) is 1. The average molecular weight is 309 g/mol. The molecular weight excluding hydrogens is 300 g/mol. The zero-order valence-electron chi connectivity index (χ0n) is 10.6. The molecule has 1 heterocycles. The van der Waals surface area contributed by atoms with Gasteiger partial charge in [-0.15, -0.1) is 5.10 Å². The number of hydrogen-bond acceptors (Lipinski definition) is 6. The SMILES string of the molecule is O=C(Nc1nnc(C2CC2)o1)c1cc(Cl)ccc1[N+](=O)[O-]. The van der Waals surface area contributed by atoms with E-state index in [0.29, 0.717) is 5.89 Å². The minimum atomic E-state index is -0.727. The Kier molecular flexibility index (Phi) is 3.30. The molecule has 9 heteroatoms. The summed E-state index contributed by atoms with van der Waals surface area (Å²) in [6.45, 7) is 0. The van der Waals surface area contributed by atoms with E-state index in [1.54, 1.807) is 0 Å². The number of nitro benzene ring substituents is 1. The van der Waals surface area contributed by atoms with Gasteiger partial charge in [0, 0.05) is 17.0 Å². The van der Waals surface area contributed by atoms with E-state index in [-0.39, 0.29) is 28.2 Å². The first-order valence-electron chi connectivity index (χ1n) is 6.13. The highest BCUT2D eigenvalue weighted by molar-refractivity contribution is 6.31. The summed E-state index contributed by atoms with van der Waals surface area (Å²) >= 11 is 5.77. The lowest BCUT2D eigenvalue weighted by Crippen LogP contribution is -2.14. The third kappa shape index (κ3) is 2.84. The van der Waals surface area contributed by atoms with Crippen LogP contribution in [0.1, 0.15) is 35.0 Å². The molecule has 3 rings (SSSR count). The van der Waals surface area contributed by atoms with Gasteiger partial charge in [0.1, 0.15) is 5.56 Å². The molecule has 1 aliphatic carbocycles. The van der Waals surface area contributed by atoms with E-state index < -0.39 is 10.8 Å². The van der Waals surface area contributed by atoms with Gasteiger partial charge >= 0.3 is 6.01 Å². The smallest absolute Gasteiger partial charge is 0.322 e. The van der Waals surface area contributed by atoms with Crippen LogP contribution in [0.4, 0.5) is 11.7 Å². The molecule has 1 aliphatic rings. The van der Waals surface area contributed by atoms with Crippen molar-refractivity contribution in [3.05, 3.63) is 44.8 Å². The first-order chi connectivity index (χ1) is 10.0. The Hall–Kier alpha value is -2.48. The highest BCUT2D eigenvalue weighted by Gasteiger charge is 2.30. The first kappa shape index (κ1) is 13.5. The van der Waals surface area contributed by atoms with Crippen LogP contribution in [-0.2, 0) is 0 Å². The van der Waals surface area contributed by atoms with Gasteiger partial charge in [-0.1, -0.05) is 16.7 Å². The minimum absolute atomic E-state index is 0.0869. The number of carbonyl (C=O) groups is 1. The number of halogens is 1. The molecule has 108 valence electrons. The Morgan fingerprint density at radius 2 is 2.19 bits per heavy atom. The highest BCUT2D eigenvalue weighted by atomic mass is 35.5. The summed E-state index contributed by atoms with van der Waals surface area (Å²) in [5.41, 5.74) is -0.516. The van der Waals surface area contributed by atoms with Crippen molar-refractivity contribution in [2.45, 2.75) is 18.8 Å². The van der Waals surface area contributed by atoms with E-state index in [0.717, 1.165) is 12.8 Å². The predicted molar refractivity (Wildman–Crippen MR) is 72.3 cm³/mol. The van der Waals surface area contributed by atoms with Crippen molar-refractivity contribution in [3.63, 3.8) is 0 Å². The second-order valence-electron chi connectivity index (χ2n) is 4.59. The number of benzene rings is 1. The number of amides is 1. The fourth-order valence-corrected chi connectivity index (χ4v) is 1.97. The molecule has 1 amide bonds. The number of anilines is 1. The summed E-state index contributed by atoms with van der Waals surface area (Å²) in [6, 6.07) is 3.64. The van der Waals surface area contributed by atoms with Crippen molar-refractivity contribution in [3.8, 4) is 0 Å². The Balaban J connectivity index is 1.83. The first-order valence-corrected chi connectivity index (χ1v) is 6.51. The van der Waals surface area contributed by atoms with E-state index >= 15 is 0 Å². The van der Waals surface area contributed by atoms with E-state index in [4.69, 9.17) is 16.0 Å². The van der Waals surface area contributed by atoms with Crippen LogP contribution in [0, 0.1) is 10.1 Å². The highest BCUT2D eigenvalue weighted by Crippen LogP contribution is 2.39. The van der Waals surface area contributed by atoms with Gasteiger partial charge in [-0.2, -0.15) is 0 Å². The molecular formula is C12H9ClN4O4. The number of nitrogens with zero attached hydrogens (tertiary/aromatic N) is 3. The van der Waals surface area contributed by atoms with Crippen LogP contribution in [-0.4, -0.2) is 21.0 Å². The molecule has 1 aromatic carbocycles. The fraction of sp³-hybridized carbons (Fsp3) is 0.250. The molecule has 1 N–H and O–H groups in total.